The van der Waals surface area contributed by atoms with Gasteiger partial charge in [0.05, 0.1) is 6.54 Å². The van der Waals surface area contributed by atoms with E-state index in [4.69, 9.17) is 5.73 Å². The van der Waals surface area contributed by atoms with Gasteiger partial charge in [-0.1, -0.05) is 24.3 Å². The lowest BCUT2D eigenvalue weighted by molar-refractivity contribution is 0.687. The molecule has 0 saturated heterocycles. The zero-order chi connectivity index (χ0) is 10.8. The average Bonchev–Trinajstić information content (AvgIpc) is 2.50. The van der Waals surface area contributed by atoms with E-state index in [1.165, 1.54) is 11.1 Å². The number of aromatic nitrogens is 2. The summed E-state index contributed by atoms with van der Waals surface area (Å²) in [5.41, 5.74) is 9.29. The van der Waals surface area contributed by atoms with Crippen LogP contribution in [0, 0.1) is 13.8 Å². The molecular weight excluding hydrogens is 186 g/mol. The number of benzene rings is 1. The number of hydrogen-bond donors (Lipinski definition) is 1. The Bertz CT molecular complexity index is 452. The molecule has 0 aliphatic carbocycles. The Morgan fingerprint density at radius 2 is 1.93 bits per heavy atom. The molecule has 0 unspecified atom stereocenters. The van der Waals surface area contributed by atoms with Crippen molar-refractivity contribution in [2.45, 2.75) is 20.4 Å². The quantitative estimate of drug-likeness (QED) is 0.808. The molecule has 2 N–H and O–H groups in total. The lowest BCUT2D eigenvalue weighted by Crippen LogP contribution is -2.02. The summed E-state index contributed by atoms with van der Waals surface area (Å²) in [7, 11) is 0. The van der Waals surface area contributed by atoms with Gasteiger partial charge < -0.3 is 5.73 Å². The first kappa shape index (κ1) is 9.77. The van der Waals surface area contributed by atoms with Crippen molar-refractivity contribution < 1.29 is 0 Å². The Hall–Kier alpha value is -1.77. The fraction of sp³-hybridized carbons (Fsp3) is 0.250. The predicted molar refractivity (Wildman–Crippen MR) is 61.7 cm³/mol. The van der Waals surface area contributed by atoms with Crippen LogP contribution >= 0.6 is 0 Å². The van der Waals surface area contributed by atoms with E-state index in [1.807, 2.05) is 29.9 Å². The smallest absolute Gasteiger partial charge is 0.148 e. The van der Waals surface area contributed by atoms with Crippen molar-refractivity contribution in [2.24, 2.45) is 0 Å². The van der Waals surface area contributed by atoms with Crippen molar-refractivity contribution >= 4 is 5.82 Å². The first-order valence-corrected chi connectivity index (χ1v) is 5.01. The average molecular weight is 201 g/mol. The molecule has 1 heterocycles. The van der Waals surface area contributed by atoms with Crippen LogP contribution in [0.3, 0.4) is 0 Å². The molecular formula is C12H15N3. The van der Waals surface area contributed by atoms with E-state index in [0.29, 0.717) is 5.82 Å². The zero-order valence-corrected chi connectivity index (χ0v) is 9.07. The molecule has 0 aliphatic rings. The van der Waals surface area contributed by atoms with Gasteiger partial charge in [-0.3, -0.25) is 4.68 Å². The largest absolute Gasteiger partial charge is 0.382 e. The van der Waals surface area contributed by atoms with Crippen LogP contribution in [0.15, 0.2) is 30.5 Å². The number of rotatable bonds is 2. The van der Waals surface area contributed by atoms with Gasteiger partial charge in [-0.25, -0.2) is 0 Å². The molecule has 0 bridgehead atoms. The van der Waals surface area contributed by atoms with E-state index in [2.05, 4.69) is 24.2 Å². The second-order valence-electron chi connectivity index (χ2n) is 3.82. The van der Waals surface area contributed by atoms with Crippen LogP contribution < -0.4 is 5.73 Å². The predicted octanol–water partition coefficient (Wildman–Crippen LogP) is 2.13. The molecule has 78 valence electrons. The lowest BCUT2D eigenvalue weighted by atomic mass is 10.1. The van der Waals surface area contributed by atoms with Gasteiger partial charge in [-0.2, -0.15) is 5.10 Å². The van der Waals surface area contributed by atoms with Gasteiger partial charge in [0.1, 0.15) is 5.82 Å². The van der Waals surface area contributed by atoms with Gasteiger partial charge in [0.2, 0.25) is 0 Å². The second-order valence-corrected chi connectivity index (χ2v) is 3.82. The number of hydrogen-bond acceptors (Lipinski definition) is 2. The van der Waals surface area contributed by atoms with Crippen molar-refractivity contribution in [1.29, 1.82) is 0 Å². The summed E-state index contributed by atoms with van der Waals surface area (Å²) in [4.78, 5) is 0. The monoisotopic (exact) mass is 201 g/mol. The molecule has 3 heteroatoms. The van der Waals surface area contributed by atoms with Crippen molar-refractivity contribution in [3.05, 3.63) is 47.2 Å². The molecule has 0 saturated carbocycles. The number of nitrogen functional groups attached to an aromatic ring is 1. The molecule has 1 aromatic heterocycles. The van der Waals surface area contributed by atoms with Crippen molar-refractivity contribution in [1.82, 2.24) is 9.78 Å². The molecule has 0 spiro atoms. The van der Waals surface area contributed by atoms with Crippen LogP contribution in [0.1, 0.15) is 16.7 Å². The molecule has 0 radical (unpaired) electrons. The summed E-state index contributed by atoms with van der Waals surface area (Å²) < 4.78 is 1.88. The molecule has 2 aromatic rings. The fourth-order valence-corrected chi connectivity index (χ4v) is 1.58. The summed E-state index contributed by atoms with van der Waals surface area (Å²) in [6.45, 7) is 4.86. The van der Waals surface area contributed by atoms with Crippen LogP contribution in [0.25, 0.3) is 0 Å². The van der Waals surface area contributed by atoms with E-state index in [9.17, 15) is 0 Å². The standard InChI is InChI=1S/C12H15N3/c1-9-5-3-4-6-11(9)8-15-7-10(2)12(13)14-15/h3-7H,8H2,1-2H3,(H2,13,14). The highest BCUT2D eigenvalue weighted by Gasteiger charge is 2.02. The number of anilines is 1. The summed E-state index contributed by atoms with van der Waals surface area (Å²) in [5.74, 6) is 0.614. The molecule has 0 atom stereocenters. The SMILES string of the molecule is Cc1ccccc1Cn1cc(C)c(N)n1. The minimum atomic E-state index is 0.614. The molecule has 15 heavy (non-hydrogen) atoms. The number of aryl methyl sites for hydroxylation is 2. The third-order valence-corrected chi connectivity index (χ3v) is 2.58. The summed E-state index contributed by atoms with van der Waals surface area (Å²) in [6.07, 6.45) is 1.97. The van der Waals surface area contributed by atoms with Gasteiger partial charge in [-0.15, -0.1) is 0 Å². The van der Waals surface area contributed by atoms with Crippen LogP contribution in [0.2, 0.25) is 0 Å². The number of nitrogens with zero attached hydrogens (tertiary/aromatic N) is 2. The van der Waals surface area contributed by atoms with Crippen molar-refractivity contribution in [3.8, 4) is 0 Å². The first-order valence-electron chi connectivity index (χ1n) is 5.01. The Kier molecular flexibility index (Phi) is 2.46. The van der Waals surface area contributed by atoms with Gasteiger partial charge >= 0.3 is 0 Å². The van der Waals surface area contributed by atoms with Gasteiger partial charge in [0.15, 0.2) is 0 Å². The summed E-state index contributed by atoms with van der Waals surface area (Å²) in [6, 6.07) is 8.31. The first-order chi connectivity index (χ1) is 7.16. The highest BCUT2D eigenvalue weighted by atomic mass is 15.3. The van der Waals surface area contributed by atoms with Gasteiger partial charge in [0.25, 0.3) is 0 Å². The van der Waals surface area contributed by atoms with E-state index >= 15 is 0 Å². The van der Waals surface area contributed by atoms with Crippen LogP contribution in [-0.2, 0) is 6.54 Å². The normalized spacial score (nSPS) is 10.5. The lowest BCUT2D eigenvalue weighted by Gasteiger charge is -2.04. The Morgan fingerprint density at radius 3 is 2.53 bits per heavy atom. The van der Waals surface area contributed by atoms with E-state index < -0.39 is 0 Å². The zero-order valence-electron chi connectivity index (χ0n) is 9.07. The maximum atomic E-state index is 5.70. The number of nitrogens with two attached hydrogens (primary N) is 1. The van der Waals surface area contributed by atoms with Crippen LogP contribution in [-0.4, -0.2) is 9.78 Å². The molecule has 2 rings (SSSR count). The van der Waals surface area contributed by atoms with E-state index in [1.54, 1.807) is 0 Å². The summed E-state index contributed by atoms with van der Waals surface area (Å²) >= 11 is 0. The van der Waals surface area contributed by atoms with E-state index in [-0.39, 0.29) is 0 Å². The highest BCUT2D eigenvalue weighted by molar-refractivity contribution is 5.36. The Morgan fingerprint density at radius 1 is 1.20 bits per heavy atom. The topological polar surface area (TPSA) is 43.8 Å². The molecule has 0 fully saturated rings. The Balaban J connectivity index is 2.26. The maximum Gasteiger partial charge on any atom is 0.148 e. The third-order valence-electron chi connectivity index (χ3n) is 2.58. The van der Waals surface area contributed by atoms with Crippen molar-refractivity contribution in [2.75, 3.05) is 5.73 Å². The third kappa shape index (κ3) is 2.01. The molecule has 3 nitrogen and oxygen atoms in total. The van der Waals surface area contributed by atoms with Crippen molar-refractivity contribution in [3.63, 3.8) is 0 Å². The highest BCUT2D eigenvalue weighted by Crippen LogP contribution is 2.11. The molecule has 0 amide bonds. The van der Waals surface area contributed by atoms with Crippen LogP contribution in [0.4, 0.5) is 5.82 Å². The van der Waals surface area contributed by atoms with Gasteiger partial charge in [-0.05, 0) is 25.0 Å². The van der Waals surface area contributed by atoms with E-state index in [0.717, 1.165) is 12.1 Å². The van der Waals surface area contributed by atoms with Crippen LogP contribution in [0.5, 0.6) is 0 Å². The maximum absolute atomic E-state index is 5.70. The second kappa shape index (κ2) is 3.77. The molecule has 0 aliphatic heterocycles. The Labute approximate surface area is 89.5 Å². The fourth-order valence-electron chi connectivity index (χ4n) is 1.58. The molecule has 1 aromatic carbocycles. The van der Waals surface area contributed by atoms with Gasteiger partial charge in [0, 0.05) is 11.8 Å². The minimum absolute atomic E-state index is 0.614. The summed E-state index contributed by atoms with van der Waals surface area (Å²) in [5, 5.41) is 4.24. The minimum Gasteiger partial charge on any atom is -0.382 e.